The molecule has 3 rings (SSSR count). The van der Waals surface area contributed by atoms with Crippen molar-refractivity contribution in [2.75, 3.05) is 5.32 Å². The van der Waals surface area contributed by atoms with Crippen LogP contribution in [-0.4, -0.2) is 28.9 Å². The fraction of sp³-hybridized carbons (Fsp3) is 0.286. The highest BCUT2D eigenvalue weighted by molar-refractivity contribution is 5.98. The molecule has 1 saturated carbocycles. The van der Waals surface area contributed by atoms with Crippen LogP contribution >= 0.6 is 0 Å². The van der Waals surface area contributed by atoms with Crippen molar-refractivity contribution in [3.05, 3.63) is 65.7 Å². The maximum Gasteiger partial charge on any atom is 0.326 e. The SMILES string of the molecule is CC1CC1C(=O)Nc1ccc(C(=O)NC(Cc2ccccc2)C(=O)O)cc1. The van der Waals surface area contributed by atoms with Crippen molar-refractivity contribution >= 4 is 23.5 Å². The lowest BCUT2D eigenvalue weighted by atomic mass is 10.1. The van der Waals surface area contributed by atoms with Crippen molar-refractivity contribution < 1.29 is 19.5 Å². The van der Waals surface area contributed by atoms with Crippen LogP contribution in [0.5, 0.6) is 0 Å². The molecule has 0 radical (unpaired) electrons. The Hall–Kier alpha value is -3.15. The third kappa shape index (κ3) is 4.94. The third-order valence-electron chi connectivity index (χ3n) is 4.75. The van der Waals surface area contributed by atoms with Crippen molar-refractivity contribution in [1.82, 2.24) is 5.32 Å². The van der Waals surface area contributed by atoms with Crippen LogP contribution in [0.25, 0.3) is 0 Å². The van der Waals surface area contributed by atoms with Gasteiger partial charge in [0.2, 0.25) is 5.91 Å². The monoisotopic (exact) mass is 366 g/mol. The van der Waals surface area contributed by atoms with E-state index in [1.54, 1.807) is 24.3 Å². The van der Waals surface area contributed by atoms with Crippen LogP contribution in [-0.2, 0) is 16.0 Å². The highest BCUT2D eigenvalue weighted by Crippen LogP contribution is 2.38. The first kappa shape index (κ1) is 18.6. The predicted molar refractivity (Wildman–Crippen MR) is 101 cm³/mol. The van der Waals surface area contributed by atoms with Gasteiger partial charge in [0, 0.05) is 23.6 Å². The fourth-order valence-electron chi connectivity index (χ4n) is 2.92. The van der Waals surface area contributed by atoms with E-state index in [4.69, 9.17) is 0 Å². The smallest absolute Gasteiger partial charge is 0.326 e. The number of carbonyl (C=O) groups is 3. The number of hydrogen-bond acceptors (Lipinski definition) is 3. The predicted octanol–water partition coefficient (Wildman–Crippen LogP) is 2.71. The molecule has 3 unspecified atom stereocenters. The Morgan fingerprint density at radius 2 is 1.70 bits per heavy atom. The molecule has 1 aliphatic rings. The van der Waals surface area contributed by atoms with Crippen LogP contribution in [0, 0.1) is 11.8 Å². The molecule has 0 heterocycles. The van der Waals surface area contributed by atoms with Crippen LogP contribution in [0.4, 0.5) is 5.69 Å². The summed E-state index contributed by atoms with van der Waals surface area (Å²) in [6, 6.07) is 14.6. The fourth-order valence-corrected chi connectivity index (χ4v) is 2.92. The Labute approximate surface area is 157 Å². The van der Waals surface area contributed by atoms with Crippen LogP contribution in [0.2, 0.25) is 0 Å². The van der Waals surface area contributed by atoms with E-state index in [9.17, 15) is 19.5 Å². The second kappa shape index (κ2) is 8.03. The van der Waals surface area contributed by atoms with Gasteiger partial charge in [0.15, 0.2) is 0 Å². The van der Waals surface area contributed by atoms with Gasteiger partial charge in [0.05, 0.1) is 0 Å². The lowest BCUT2D eigenvalue weighted by molar-refractivity contribution is -0.139. The summed E-state index contributed by atoms with van der Waals surface area (Å²) in [5.41, 5.74) is 1.79. The second-order valence-corrected chi connectivity index (χ2v) is 6.94. The molecule has 1 fully saturated rings. The molecular formula is C21H22N2O4. The molecule has 2 amide bonds. The van der Waals surface area contributed by atoms with Crippen LogP contribution in [0.15, 0.2) is 54.6 Å². The standard InChI is InChI=1S/C21H22N2O4/c1-13-11-17(13)20(25)22-16-9-7-15(8-10-16)19(24)23-18(21(26)27)12-14-5-3-2-4-6-14/h2-10,13,17-18H,11-12H2,1H3,(H,22,25)(H,23,24)(H,26,27). The largest absolute Gasteiger partial charge is 0.480 e. The molecule has 0 aliphatic heterocycles. The van der Waals surface area contributed by atoms with E-state index < -0.39 is 17.9 Å². The Bertz CT molecular complexity index is 833. The molecule has 6 heteroatoms. The van der Waals surface area contributed by atoms with Gasteiger partial charge >= 0.3 is 5.97 Å². The zero-order chi connectivity index (χ0) is 19.4. The summed E-state index contributed by atoms with van der Waals surface area (Å²) in [4.78, 5) is 35.8. The van der Waals surface area contributed by atoms with Gasteiger partial charge in [-0.25, -0.2) is 4.79 Å². The first-order chi connectivity index (χ1) is 12.9. The summed E-state index contributed by atoms with van der Waals surface area (Å²) < 4.78 is 0. The first-order valence-corrected chi connectivity index (χ1v) is 8.92. The van der Waals surface area contributed by atoms with Gasteiger partial charge in [0.1, 0.15) is 6.04 Å². The minimum atomic E-state index is -1.09. The zero-order valence-electron chi connectivity index (χ0n) is 15.0. The van der Waals surface area contributed by atoms with E-state index in [2.05, 4.69) is 10.6 Å². The van der Waals surface area contributed by atoms with Crippen LogP contribution in [0.1, 0.15) is 29.3 Å². The van der Waals surface area contributed by atoms with Crippen molar-refractivity contribution in [3.63, 3.8) is 0 Å². The van der Waals surface area contributed by atoms with Gasteiger partial charge in [-0.3, -0.25) is 9.59 Å². The molecular weight excluding hydrogens is 344 g/mol. The molecule has 6 nitrogen and oxygen atoms in total. The number of benzene rings is 2. The molecule has 140 valence electrons. The van der Waals surface area contributed by atoms with E-state index >= 15 is 0 Å². The lowest BCUT2D eigenvalue weighted by Crippen LogP contribution is -2.42. The molecule has 2 aromatic carbocycles. The molecule has 1 aliphatic carbocycles. The molecule has 2 aromatic rings. The van der Waals surface area contributed by atoms with Crippen LogP contribution < -0.4 is 10.6 Å². The highest BCUT2D eigenvalue weighted by Gasteiger charge is 2.39. The van der Waals surface area contributed by atoms with Crippen molar-refractivity contribution in [2.24, 2.45) is 11.8 Å². The summed E-state index contributed by atoms with van der Waals surface area (Å²) >= 11 is 0. The van der Waals surface area contributed by atoms with Crippen molar-refractivity contribution in [1.29, 1.82) is 0 Å². The maximum atomic E-state index is 12.4. The number of amides is 2. The van der Waals surface area contributed by atoms with Gasteiger partial charge < -0.3 is 15.7 Å². The maximum absolute atomic E-state index is 12.4. The molecule has 3 N–H and O–H groups in total. The highest BCUT2D eigenvalue weighted by atomic mass is 16.4. The molecule has 3 atom stereocenters. The average Bonchev–Trinajstić information content (AvgIpc) is 3.39. The summed E-state index contributed by atoms with van der Waals surface area (Å²) in [7, 11) is 0. The number of nitrogens with one attached hydrogen (secondary N) is 2. The van der Waals surface area contributed by atoms with Gasteiger partial charge in [0.25, 0.3) is 5.91 Å². The zero-order valence-corrected chi connectivity index (χ0v) is 15.0. The van der Waals surface area contributed by atoms with Gasteiger partial charge in [-0.15, -0.1) is 0 Å². The topological polar surface area (TPSA) is 95.5 Å². The van der Waals surface area contributed by atoms with E-state index in [1.165, 1.54) is 0 Å². The number of carboxylic acid groups (broad SMARTS) is 1. The summed E-state index contributed by atoms with van der Waals surface area (Å²) in [6.07, 6.45) is 1.11. The third-order valence-corrected chi connectivity index (χ3v) is 4.75. The summed E-state index contributed by atoms with van der Waals surface area (Å²) in [5.74, 6) is -1.06. The molecule has 0 bridgehead atoms. The quantitative estimate of drug-likeness (QED) is 0.702. The Morgan fingerprint density at radius 3 is 2.26 bits per heavy atom. The van der Waals surface area contributed by atoms with E-state index in [0.717, 1.165) is 12.0 Å². The second-order valence-electron chi connectivity index (χ2n) is 6.94. The molecule has 0 spiro atoms. The Morgan fingerprint density at radius 1 is 1.07 bits per heavy atom. The van der Waals surface area contributed by atoms with E-state index in [-0.39, 0.29) is 18.2 Å². The molecule has 27 heavy (non-hydrogen) atoms. The Balaban J connectivity index is 1.60. The first-order valence-electron chi connectivity index (χ1n) is 8.92. The Kier molecular flexibility index (Phi) is 5.54. The van der Waals surface area contributed by atoms with Crippen molar-refractivity contribution in [3.8, 4) is 0 Å². The van der Waals surface area contributed by atoms with Gasteiger partial charge in [-0.1, -0.05) is 37.3 Å². The number of carboxylic acids is 1. The van der Waals surface area contributed by atoms with E-state index in [1.807, 2.05) is 37.3 Å². The summed E-state index contributed by atoms with van der Waals surface area (Å²) in [6.45, 7) is 2.03. The molecule has 0 saturated heterocycles. The number of anilines is 1. The average molecular weight is 366 g/mol. The number of rotatable bonds is 7. The minimum absolute atomic E-state index is 0.00601. The molecule has 0 aromatic heterocycles. The minimum Gasteiger partial charge on any atom is -0.480 e. The number of aliphatic carboxylic acids is 1. The van der Waals surface area contributed by atoms with Crippen LogP contribution in [0.3, 0.4) is 0 Å². The number of hydrogen-bond donors (Lipinski definition) is 3. The lowest BCUT2D eigenvalue weighted by Gasteiger charge is -2.15. The van der Waals surface area contributed by atoms with Crippen molar-refractivity contribution in [2.45, 2.75) is 25.8 Å². The van der Waals surface area contributed by atoms with Gasteiger partial charge in [-0.2, -0.15) is 0 Å². The summed E-state index contributed by atoms with van der Waals surface area (Å²) in [5, 5.41) is 14.8. The van der Waals surface area contributed by atoms with E-state index in [0.29, 0.717) is 17.2 Å². The number of carbonyl (C=O) groups excluding carboxylic acids is 2. The van der Waals surface area contributed by atoms with Gasteiger partial charge in [-0.05, 0) is 42.2 Å². The normalized spacial score (nSPS) is 19.0.